The number of nitrogens with two attached hydrogens (primary N) is 1. The van der Waals surface area contributed by atoms with Crippen molar-refractivity contribution in [2.75, 3.05) is 19.7 Å². The molecule has 5 nitrogen and oxygen atoms in total. The minimum Gasteiger partial charge on any atom is -0.396 e. The van der Waals surface area contributed by atoms with Crippen molar-refractivity contribution in [2.45, 2.75) is 25.7 Å². The molecule has 5 heteroatoms. The largest absolute Gasteiger partial charge is 0.396 e. The lowest BCUT2D eigenvalue weighted by molar-refractivity contribution is -0.142. The van der Waals surface area contributed by atoms with Crippen molar-refractivity contribution < 1.29 is 14.7 Å². The molecule has 0 spiro atoms. The summed E-state index contributed by atoms with van der Waals surface area (Å²) in [6.45, 7) is 1.22. The standard InChI is InChI=1S/C10H18N2O3/c11-9(14)8(4-7-13)10(15)12-5-2-1-3-6-12/h8,13H,1-7H2,(H2,11,14). The molecule has 0 aromatic carbocycles. The smallest absolute Gasteiger partial charge is 0.235 e. The van der Waals surface area contributed by atoms with Gasteiger partial charge in [0.1, 0.15) is 5.92 Å². The molecule has 1 rings (SSSR count). The maximum Gasteiger partial charge on any atom is 0.235 e. The summed E-state index contributed by atoms with van der Waals surface area (Å²) in [4.78, 5) is 24.6. The van der Waals surface area contributed by atoms with Crippen LogP contribution in [0, 0.1) is 5.92 Å². The first-order valence-corrected chi connectivity index (χ1v) is 5.35. The fraction of sp³-hybridized carbons (Fsp3) is 0.800. The van der Waals surface area contributed by atoms with Crippen LogP contribution < -0.4 is 5.73 Å². The van der Waals surface area contributed by atoms with Crippen molar-refractivity contribution in [3.63, 3.8) is 0 Å². The number of carbonyl (C=O) groups is 2. The number of primary amides is 1. The van der Waals surface area contributed by atoms with E-state index in [2.05, 4.69) is 0 Å². The molecular formula is C10H18N2O3. The van der Waals surface area contributed by atoms with Gasteiger partial charge in [-0.05, 0) is 25.7 Å². The van der Waals surface area contributed by atoms with Crippen LogP contribution in [0.5, 0.6) is 0 Å². The van der Waals surface area contributed by atoms with Crippen LogP contribution in [0.4, 0.5) is 0 Å². The molecule has 0 aromatic rings. The highest BCUT2D eigenvalue weighted by Crippen LogP contribution is 2.14. The maximum atomic E-state index is 11.8. The molecule has 0 bridgehead atoms. The van der Waals surface area contributed by atoms with Gasteiger partial charge in [-0.2, -0.15) is 0 Å². The monoisotopic (exact) mass is 214 g/mol. The molecule has 15 heavy (non-hydrogen) atoms. The highest BCUT2D eigenvalue weighted by Gasteiger charge is 2.28. The lowest BCUT2D eigenvalue weighted by Crippen LogP contribution is -2.44. The van der Waals surface area contributed by atoms with Crippen molar-refractivity contribution >= 4 is 11.8 Å². The number of piperidine rings is 1. The maximum absolute atomic E-state index is 11.8. The van der Waals surface area contributed by atoms with Crippen molar-refractivity contribution in [2.24, 2.45) is 11.7 Å². The number of hydrogen-bond donors (Lipinski definition) is 2. The van der Waals surface area contributed by atoms with E-state index in [1.807, 2.05) is 0 Å². The van der Waals surface area contributed by atoms with Crippen LogP contribution in [0.1, 0.15) is 25.7 Å². The predicted octanol–water partition coefficient (Wildman–Crippen LogP) is -0.517. The Morgan fingerprint density at radius 3 is 2.33 bits per heavy atom. The molecule has 1 unspecified atom stereocenters. The van der Waals surface area contributed by atoms with Crippen molar-refractivity contribution in [1.82, 2.24) is 4.90 Å². The first-order valence-electron chi connectivity index (χ1n) is 5.35. The Labute approximate surface area is 89.2 Å². The molecule has 1 aliphatic rings. The van der Waals surface area contributed by atoms with Crippen molar-refractivity contribution in [3.8, 4) is 0 Å². The van der Waals surface area contributed by atoms with E-state index in [1.54, 1.807) is 4.90 Å². The summed E-state index contributed by atoms with van der Waals surface area (Å²) in [5.74, 6) is -1.72. The molecule has 1 heterocycles. The zero-order valence-electron chi connectivity index (χ0n) is 8.82. The van der Waals surface area contributed by atoms with Gasteiger partial charge in [-0.25, -0.2) is 0 Å². The van der Waals surface area contributed by atoms with E-state index in [0.29, 0.717) is 13.1 Å². The molecule has 0 aromatic heterocycles. The summed E-state index contributed by atoms with van der Waals surface area (Å²) in [5.41, 5.74) is 5.13. The summed E-state index contributed by atoms with van der Waals surface area (Å²) in [5, 5.41) is 8.75. The van der Waals surface area contributed by atoms with Gasteiger partial charge in [0.05, 0.1) is 0 Å². The second-order valence-corrected chi connectivity index (χ2v) is 3.85. The summed E-state index contributed by atoms with van der Waals surface area (Å²) in [6.07, 6.45) is 3.22. The van der Waals surface area contributed by atoms with Gasteiger partial charge >= 0.3 is 0 Å². The summed E-state index contributed by atoms with van der Waals surface area (Å²) >= 11 is 0. The molecule has 3 N–H and O–H groups in total. The average Bonchev–Trinajstić information content (AvgIpc) is 2.26. The van der Waals surface area contributed by atoms with Gasteiger partial charge in [-0.15, -0.1) is 0 Å². The fourth-order valence-corrected chi connectivity index (χ4v) is 1.85. The lowest BCUT2D eigenvalue weighted by atomic mass is 10.0. The predicted molar refractivity (Wildman–Crippen MR) is 54.8 cm³/mol. The van der Waals surface area contributed by atoms with Crippen LogP contribution in [0.3, 0.4) is 0 Å². The molecule has 1 saturated heterocycles. The topological polar surface area (TPSA) is 83.6 Å². The zero-order valence-corrected chi connectivity index (χ0v) is 8.82. The Bertz CT molecular complexity index is 237. The van der Waals surface area contributed by atoms with Gasteiger partial charge in [-0.1, -0.05) is 0 Å². The second kappa shape index (κ2) is 5.70. The molecule has 0 radical (unpaired) electrons. The minimum atomic E-state index is -0.854. The summed E-state index contributed by atoms with van der Waals surface area (Å²) in [7, 11) is 0. The molecule has 1 fully saturated rings. The Morgan fingerprint density at radius 2 is 1.87 bits per heavy atom. The Kier molecular flexibility index (Phi) is 4.55. The molecule has 86 valence electrons. The summed E-state index contributed by atoms with van der Waals surface area (Å²) < 4.78 is 0. The van der Waals surface area contributed by atoms with Crippen LogP contribution in [-0.4, -0.2) is 41.5 Å². The third-order valence-electron chi connectivity index (χ3n) is 2.73. The molecule has 0 aliphatic carbocycles. The van der Waals surface area contributed by atoms with Crippen molar-refractivity contribution in [1.29, 1.82) is 0 Å². The van der Waals surface area contributed by atoms with Gasteiger partial charge in [0.2, 0.25) is 11.8 Å². The van der Waals surface area contributed by atoms with Crippen LogP contribution in [0.2, 0.25) is 0 Å². The quantitative estimate of drug-likeness (QED) is 0.618. The van der Waals surface area contributed by atoms with E-state index in [1.165, 1.54) is 0 Å². The molecular weight excluding hydrogens is 196 g/mol. The van der Waals surface area contributed by atoms with Crippen molar-refractivity contribution in [3.05, 3.63) is 0 Å². The average molecular weight is 214 g/mol. The Hall–Kier alpha value is -1.10. The van der Waals surface area contributed by atoms with Gasteiger partial charge in [0, 0.05) is 19.7 Å². The number of likely N-dealkylation sites (tertiary alicyclic amines) is 1. The number of carbonyl (C=O) groups excluding carboxylic acids is 2. The molecule has 1 atom stereocenters. The highest BCUT2D eigenvalue weighted by molar-refractivity contribution is 5.99. The first-order chi connectivity index (χ1) is 7.16. The van der Waals surface area contributed by atoms with E-state index in [-0.39, 0.29) is 18.9 Å². The number of aliphatic hydroxyl groups is 1. The lowest BCUT2D eigenvalue weighted by Gasteiger charge is -2.29. The third-order valence-corrected chi connectivity index (χ3v) is 2.73. The SMILES string of the molecule is NC(=O)C(CCO)C(=O)N1CCCCC1. The fourth-order valence-electron chi connectivity index (χ4n) is 1.85. The number of amides is 2. The van der Waals surface area contributed by atoms with Gasteiger partial charge in [0.25, 0.3) is 0 Å². The van der Waals surface area contributed by atoms with E-state index < -0.39 is 11.8 Å². The number of nitrogens with zero attached hydrogens (tertiary/aromatic N) is 1. The number of hydrogen-bond acceptors (Lipinski definition) is 3. The van der Waals surface area contributed by atoms with E-state index in [9.17, 15) is 9.59 Å². The van der Waals surface area contributed by atoms with E-state index in [0.717, 1.165) is 19.3 Å². The zero-order chi connectivity index (χ0) is 11.3. The molecule has 1 aliphatic heterocycles. The Balaban J connectivity index is 2.57. The Morgan fingerprint density at radius 1 is 1.27 bits per heavy atom. The molecule has 0 saturated carbocycles. The number of aliphatic hydroxyl groups excluding tert-OH is 1. The van der Waals surface area contributed by atoms with Gasteiger partial charge in [-0.3, -0.25) is 9.59 Å². The van der Waals surface area contributed by atoms with Crippen LogP contribution in [0.15, 0.2) is 0 Å². The highest BCUT2D eigenvalue weighted by atomic mass is 16.3. The summed E-state index contributed by atoms with van der Waals surface area (Å²) in [6, 6.07) is 0. The van der Waals surface area contributed by atoms with E-state index in [4.69, 9.17) is 10.8 Å². The second-order valence-electron chi connectivity index (χ2n) is 3.85. The number of rotatable bonds is 4. The first kappa shape index (κ1) is 12.0. The third kappa shape index (κ3) is 3.20. The van der Waals surface area contributed by atoms with Crippen LogP contribution >= 0.6 is 0 Å². The van der Waals surface area contributed by atoms with Gasteiger partial charge in [0.15, 0.2) is 0 Å². The normalized spacial score (nSPS) is 18.6. The van der Waals surface area contributed by atoms with E-state index >= 15 is 0 Å². The van der Waals surface area contributed by atoms with Crippen LogP contribution in [-0.2, 0) is 9.59 Å². The van der Waals surface area contributed by atoms with Gasteiger partial charge < -0.3 is 15.7 Å². The molecule has 2 amide bonds. The minimum absolute atomic E-state index is 0.130. The van der Waals surface area contributed by atoms with Crippen LogP contribution in [0.25, 0.3) is 0 Å².